The third-order valence-electron chi connectivity index (χ3n) is 20.0. The number of rotatable bonds is 57. The minimum Gasteiger partial charge on any atom is -0.508 e. The number of carbonyl (C=O) groups excluding carboxylic acids is 16. The third kappa shape index (κ3) is 40.1. The van der Waals surface area contributed by atoms with E-state index in [-0.39, 0.29) is 107 Å². The number of primary amides is 3. The topological polar surface area (TPSA) is 754 Å². The van der Waals surface area contributed by atoms with Crippen LogP contribution < -0.4 is 119 Å². The fourth-order valence-electron chi connectivity index (χ4n) is 13.3. The van der Waals surface area contributed by atoms with Gasteiger partial charge in [-0.25, -0.2) is 22.0 Å². The van der Waals surface area contributed by atoms with Crippen LogP contribution in [0.1, 0.15) is 163 Å². The Labute approximate surface area is 758 Å². The molecule has 0 aliphatic carbocycles. The molecule has 34 N–H and O–H groups in total. The van der Waals surface area contributed by atoms with Gasteiger partial charge in [-0.2, -0.15) is 0 Å². The summed E-state index contributed by atoms with van der Waals surface area (Å²) >= 11 is 0. The van der Waals surface area contributed by atoms with Crippen molar-refractivity contribution in [2.45, 2.75) is 250 Å². The Morgan fingerprint density at radius 1 is 0.333 bits per heavy atom. The van der Waals surface area contributed by atoms with Crippen LogP contribution in [-0.4, -0.2) is 232 Å². The molecule has 0 radical (unpaired) electrons. The van der Waals surface area contributed by atoms with Gasteiger partial charge in [0.1, 0.15) is 90.0 Å². The number of hydrogen-bond acceptors (Lipinski definition) is 22. The van der Waals surface area contributed by atoms with Crippen molar-refractivity contribution in [2.24, 2.45) is 58.1 Å². The molecule has 3 rings (SSSR count). The van der Waals surface area contributed by atoms with Crippen LogP contribution in [-0.2, 0) is 96.0 Å². The Morgan fingerprint density at radius 2 is 0.614 bits per heavy atom. The summed E-state index contributed by atoms with van der Waals surface area (Å²) in [6.45, 7) is 14.6. The van der Waals surface area contributed by atoms with Gasteiger partial charge in [0, 0.05) is 57.8 Å². The number of phenols is 2. The first-order valence-electron chi connectivity index (χ1n) is 42.5. The van der Waals surface area contributed by atoms with E-state index in [1.54, 1.807) is 41.5 Å². The van der Waals surface area contributed by atoms with Gasteiger partial charge < -0.3 is 135 Å². The summed E-state index contributed by atoms with van der Waals surface area (Å²) in [6, 6.07) is -12.7. The largest absolute Gasteiger partial charge is 0.508 e. The Kier molecular flexibility index (Phi) is 47.1. The van der Waals surface area contributed by atoms with Crippen molar-refractivity contribution in [1.29, 1.82) is 16.2 Å². The van der Waals surface area contributed by atoms with Crippen LogP contribution in [0, 0.1) is 69.0 Å². The molecule has 14 atom stereocenters. The van der Waals surface area contributed by atoms with Gasteiger partial charge in [-0.05, 0) is 130 Å². The number of nitrogens with one attached hydrogen (secondary N) is 19. The standard InChI is InChI=1S/C83H126F5N25O19/c1-37(2)30-53(101-42(10)115)73(125)103-49(15-12-28-99-82(94)95)71(123)110-57(35-47-61(84)63(86)65(88)64(87)62(47)85)76(128)109-56(34-44-19-23-46(117)24-20-44)75(127)107-54(31-38(3)4)74(126)111-58(36-60(90)119)77(129)108-55(32-39(5)6)78(130)112-66(40(7)8)79(131)113-67(41(9)114)80(132)105-50(16-13-29-100-83(96)97)69(121)104-51(25-26-59(89)118)72(124)102-48(14-11-27-98-81(92)93)70(122)106-52(68(91)120)33-43-17-21-45(116)22-18-43/h17-24,37-41,48-58,66-67,114,116-117H,11-16,25-36H2,1-10H3,(H2,89,118)(H2,90,119)(H2,91,120)(H,101,115)(H,102,124)(H,103,125)(H,104,121)(H,105,132)(H,106,122)(H,107,127)(H,108,129)(H,109,128)(H,110,123)(H,111,126)(H,112,130)(H,113,131)(H4,92,93,98)(H4,94,95,99)(H4,96,97,100)/t41-,48+,49+,50+,51+,52+,53+,54+,55+,56+,57+,58+,66+,67+/m1/s1. The molecule has 0 fully saturated rings. The Balaban J connectivity index is 2.07. The summed E-state index contributed by atoms with van der Waals surface area (Å²) in [5.74, 6) is -34.8. The maximum absolute atomic E-state index is 15.7. The van der Waals surface area contributed by atoms with Gasteiger partial charge in [0.25, 0.3) is 0 Å². The molecule has 0 spiro atoms. The number of hydrogen-bond donors (Lipinski definition) is 28. The molecule has 44 nitrogen and oxygen atoms in total. The van der Waals surface area contributed by atoms with Crippen molar-refractivity contribution in [3.8, 4) is 11.5 Å². The molecule has 0 saturated carbocycles. The Bertz CT molecular complexity index is 4530. The molecule has 16 amide bonds. The predicted octanol–water partition coefficient (Wildman–Crippen LogP) is -4.27. The highest BCUT2D eigenvalue weighted by atomic mass is 19.2. The van der Waals surface area contributed by atoms with E-state index in [1.165, 1.54) is 50.2 Å². The summed E-state index contributed by atoms with van der Waals surface area (Å²) in [5, 5.41) is 92.8. The highest BCUT2D eigenvalue weighted by molar-refractivity contribution is 6.01. The van der Waals surface area contributed by atoms with Crippen LogP contribution in [0.2, 0.25) is 0 Å². The van der Waals surface area contributed by atoms with Crippen molar-refractivity contribution in [2.75, 3.05) is 19.6 Å². The molecule has 0 aliphatic rings. The second-order valence-corrected chi connectivity index (χ2v) is 33.2. The molecule has 0 heterocycles. The molecule has 3 aromatic rings. The summed E-state index contributed by atoms with van der Waals surface area (Å²) in [7, 11) is 0. The number of aliphatic hydroxyl groups is 1. The monoisotopic (exact) mass is 1870 g/mol. The van der Waals surface area contributed by atoms with E-state index in [0.29, 0.717) is 5.56 Å². The van der Waals surface area contributed by atoms with E-state index in [9.17, 15) is 96.4 Å². The maximum Gasteiger partial charge on any atom is 0.245 e. The summed E-state index contributed by atoms with van der Waals surface area (Å²) < 4.78 is 76.0. The lowest BCUT2D eigenvalue weighted by atomic mass is 9.98. The first-order chi connectivity index (χ1) is 61.7. The van der Waals surface area contributed by atoms with E-state index in [0.717, 1.165) is 26.0 Å². The highest BCUT2D eigenvalue weighted by Crippen LogP contribution is 2.26. The number of amides is 16. The van der Waals surface area contributed by atoms with Gasteiger partial charge in [-0.3, -0.25) is 92.9 Å². The highest BCUT2D eigenvalue weighted by Gasteiger charge is 2.41. The van der Waals surface area contributed by atoms with E-state index in [1.807, 2.05) is 0 Å². The van der Waals surface area contributed by atoms with E-state index in [4.69, 9.17) is 50.6 Å². The van der Waals surface area contributed by atoms with Gasteiger partial charge in [-0.15, -0.1) is 0 Å². The second kappa shape index (κ2) is 55.3. The number of aliphatic hydroxyl groups excluding tert-OH is 1. The minimum absolute atomic E-state index is 0.00426. The van der Waals surface area contributed by atoms with Crippen LogP contribution in [0.15, 0.2) is 48.5 Å². The van der Waals surface area contributed by atoms with Crippen LogP contribution in [0.3, 0.4) is 0 Å². The molecule has 49 heteroatoms. The molecule has 732 valence electrons. The van der Waals surface area contributed by atoms with Crippen LogP contribution >= 0.6 is 0 Å². The van der Waals surface area contributed by atoms with Crippen LogP contribution in [0.4, 0.5) is 22.0 Å². The number of nitrogens with two attached hydrogens (primary N) is 6. The minimum atomic E-state index is -2.60. The van der Waals surface area contributed by atoms with Crippen molar-refractivity contribution >= 4 is 112 Å². The number of halogens is 5. The van der Waals surface area contributed by atoms with Crippen molar-refractivity contribution < 1.29 is 114 Å². The SMILES string of the molecule is CC(=O)N[C@@H](CC(C)C)C(=O)N[C@@H](CCCNC(=N)N)C(=O)N[C@@H](Cc1c(F)c(F)c(F)c(F)c1F)C(=O)N[C@@H](Cc1ccc(O)cc1)C(=O)N[C@@H](CC(C)C)C(=O)N[C@@H](CC(N)=O)C(=O)N[C@@H](CC(C)C)C(=O)N[C@H](C(=O)N[C@H](C(=O)N[C@@H](CCCNC(=N)N)C(=O)N[C@@H](CCC(N)=O)C(=O)N[C@@H](CCCNC(=N)N)C(=O)N[C@@H](Cc1ccc(O)cc1)C(N)=O)[C@@H](C)O)C(C)C. The van der Waals surface area contributed by atoms with Crippen LogP contribution in [0.5, 0.6) is 11.5 Å². The quantitative estimate of drug-likeness (QED) is 0.00635. The first kappa shape index (κ1) is 112. The Morgan fingerprint density at radius 3 is 0.955 bits per heavy atom. The fraction of sp³-hybridized carbons (Fsp3) is 0.554. The number of guanidine groups is 3. The lowest BCUT2D eigenvalue weighted by Gasteiger charge is -2.30. The lowest BCUT2D eigenvalue weighted by molar-refractivity contribution is -0.138. The van der Waals surface area contributed by atoms with Gasteiger partial charge in [0.05, 0.1) is 12.5 Å². The normalized spacial score (nSPS) is 14.4. The molecular weight excluding hydrogens is 1750 g/mol. The first-order valence-corrected chi connectivity index (χ1v) is 42.5. The maximum atomic E-state index is 15.7. The fourth-order valence-corrected chi connectivity index (χ4v) is 13.3. The molecule has 3 aromatic carbocycles. The summed E-state index contributed by atoms with van der Waals surface area (Å²) in [6.07, 6.45) is -7.99. The van der Waals surface area contributed by atoms with Gasteiger partial charge >= 0.3 is 0 Å². The molecule has 0 aromatic heterocycles. The number of benzene rings is 3. The average Bonchev–Trinajstić information content (AvgIpc) is 0.786. The molecular formula is C83H126F5N25O19. The number of carbonyl (C=O) groups is 16. The van der Waals surface area contributed by atoms with Crippen LogP contribution in [0.25, 0.3) is 0 Å². The second-order valence-electron chi connectivity index (χ2n) is 33.2. The summed E-state index contributed by atoms with van der Waals surface area (Å²) in [5.41, 5.74) is 32.1. The average molecular weight is 1870 g/mol. The Hall–Kier alpha value is -13.8. The zero-order valence-corrected chi connectivity index (χ0v) is 75.0. The number of phenolic OH excluding ortho intramolecular Hbond substituents is 2. The smallest absolute Gasteiger partial charge is 0.245 e. The van der Waals surface area contributed by atoms with Gasteiger partial charge in [0.2, 0.25) is 100 Å². The zero-order chi connectivity index (χ0) is 99.8. The summed E-state index contributed by atoms with van der Waals surface area (Å²) in [4.78, 5) is 224. The van der Waals surface area contributed by atoms with E-state index in [2.05, 4.69) is 85.1 Å². The zero-order valence-electron chi connectivity index (χ0n) is 75.0. The van der Waals surface area contributed by atoms with Crippen molar-refractivity contribution in [3.63, 3.8) is 0 Å². The van der Waals surface area contributed by atoms with Gasteiger partial charge in [0.15, 0.2) is 41.1 Å². The molecule has 0 unspecified atom stereocenters. The molecule has 0 aliphatic heterocycles. The molecule has 0 saturated heterocycles. The third-order valence-corrected chi connectivity index (χ3v) is 20.0. The number of aromatic hydroxyl groups is 2. The predicted molar refractivity (Wildman–Crippen MR) is 468 cm³/mol. The molecule has 132 heavy (non-hydrogen) atoms. The van der Waals surface area contributed by atoms with Crippen molar-refractivity contribution in [1.82, 2.24) is 85.1 Å². The van der Waals surface area contributed by atoms with Crippen molar-refractivity contribution in [3.05, 3.63) is 94.3 Å². The lowest BCUT2D eigenvalue weighted by Crippen LogP contribution is -2.63. The van der Waals surface area contributed by atoms with E-state index >= 15 is 17.6 Å². The van der Waals surface area contributed by atoms with E-state index < -0.39 is 282 Å². The van der Waals surface area contributed by atoms with Gasteiger partial charge in [-0.1, -0.05) is 79.7 Å². The molecule has 0 bridgehead atoms.